The summed E-state index contributed by atoms with van der Waals surface area (Å²) < 4.78 is 2.74. The molecule has 1 nitrogen and oxygen atoms in total. The molecule has 0 radical (unpaired) electrons. The molecule has 0 amide bonds. The second-order valence-electron chi connectivity index (χ2n) is 14.3. The zero-order valence-electron chi connectivity index (χ0n) is 28.7. The molecular weight excluding hydrogens is 667 g/mol. The number of benzene rings is 6. The minimum absolute atomic E-state index is 0.501. The Balaban J connectivity index is 1.07. The molecule has 10 rings (SSSR count). The van der Waals surface area contributed by atoms with Crippen molar-refractivity contribution in [1.82, 2.24) is 0 Å². The van der Waals surface area contributed by atoms with Crippen molar-refractivity contribution in [2.75, 3.05) is 4.90 Å². The Hall–Kier alpha value is -5.01. The SMILES string of the molecule is C[SiH]1c2ccc(N(C3=CC=C(c4ccc5ccccc5c4)CC3)c3ccc(-c4c([SiH2-])ccc5c4sc4ccccc45)cc3)cc2C2C=CC=CC21. The number of nitrogens with zero attached hydrogens (tertiary/aromatic N) is 1. The molecule has 51 heavy (non-hydrogen) atoms. The van der Waals surface area contributed by atoms with E-state index in [1.54, 1.807) is 5.19 Å². The predicted molar refractivity (Wildman–Crippen MR) is 228 cm³/mol. The summed E-state index contributed by atoms with van der Waals surface area (Å²) in [7, 11) is 0.938. The van der Waals surface area contributed by atoms with Crippen molar-refractivity contribution in [3.63, 3.8) is 0 Å². The van der Waals surface area contributed by atoms with Crippen LogP contribution in [0.15, 0.2) is 163 Å². The van der Waals surface area contributed by atoms with Crippen LogP contribution in [0.4, 0.5) is 11.4 Å². The number of thiophene rings is 1. The van der Waals surface area contributed by atoms with Crippen LogP contribution in [-0.2, 0) is 0 Å². The summed E-state index contributed by atoms with van der Waals surface area (Å²) in [5.41, 5.74) is 11.4. The van der Waals surface area contributed by atoms with Crippen molar-refractivity contribution in [1.29, 1.82) is 0 Å². The fraction of sp³-hybridized carbons (Fsp3) is 0.106. The molecule has 3 atom stereocenters. The molecule has 0 bridgehead atoms. The van der Waals surface area contributed by atoms with Gasteiger partial charge in [-0.1, -0.05) is 127 Å². The first-order chi connectivity index (χ1) is 25.1. The minimum Gasteiger partial charge on any atom is -0.319 e. The number of hydrogen-bond donors (Lipinski definition) is 0. The lowest BCUT2D eigenvalue weighted by Gasteiger charge is -2.31. The summed E-state index contributed by atoms with van der Waals surface area (Å²) in [6.45, 7) is 2.53. The second kappa shape index (κ2) is 12.3. The van der Waals surface area contributed by atoms with Gasteiger partial charge in [-0.3, -0.25) is 0 Å². The summed E-state index contributed by atoms with van der Waals surface area (Å²) >= 11 is 1.92. The van der Waals surface area contributed by atoms with E-state index >= 15 is 0 Å². The van der Waals surface area contributed by atoms with Crippen molar-refractivity contribution in [2.45, 2.75) is 30.8 Å². The maximum absolute atomic E-state index is 2.54. The van der Waals surface area contributed by atoms with Gasteiger partial charge >= 0.3 is 0 Å². The molecule has 4 heteroatoms. The third kappa shape index (κ3) is 5.16. The van der Waals surface area contributed by atoms with Crippen LogP contribution in [-0.4, -0.2) is 19.0 Å². The monoisotopic (exact) mass is 704 g/mol. The average Bonchev–Trinajstić information content (AvgIpc) is 3.70. The van der Waals surface area contributed by atoms with Crippen molar-refractivity contribution < 1.29 is 0 Å². The number of allylic oxidation sites excluding steroid dienone is 8. The van der Waals surface area contributed by atoms with Crippen LogP contribution in [0.25, 0.3) is 47.6 Å². The maximum Gasteiger partial charge on any atom is 0.0759 e. The van der Waals surface area contributed by atoms with E-state index in [1.165, 1.54) is 81.0 Å². The highest BCUT2D eigenvalue weighted by atomic mass is 32.1. The van der Waals surface area contributed by atoms with E-state index < -0.39 is 8.80 Å². The molecule has 1 aliphatic heterocycles. The Morgan fingerprint density at radius 2 is 1.47 bits per heavy atom. The van der Waals surface area contributed by atoms with Crippen LogP contribution in [0.1, 0.15) is 29.9 Å². The zero-order valence-corrected chi connectivity index (χ0v) is 32.1. The first-order valence-corrected chi connectivity index (χ1v) is 22.1. The van der Waals surface area contributed by atoms with Gasteiger partial charge in [0.15, 0.2) is 0 Å². The highest BCUT2D eigenvalue weighted by Crippen LogP contribution is 2.45. The van der Waals surface area contributed by atoms with Crippen molar-refractivity contribution in [3.8, 4) is 11.1 Å². The fourth-order valence-electron chi connectivity index (χ4n) is 8.87. The molecule has 2 aliphatic carbocycles. The molecule has 0 saturated heterocycles. The van der Waals surface area contributed by atoms with Crippen LogP contribution < -0.4 is 15.3 Å². The first-order valence-electron chi connectivity index (χ1n) is 18.2. The molecule has 0 fully saturated rings. The minimum atomic E-state index is -1.07. The Morgan fingerprint density at radius 3 is 2.33 bits per heavy atom. The molecule has 246 valence electrons. The first kappa shape index (κ1) is 30.8. The molecule has 3 unspecified atom stereocenters. The van der Waals surface area contributed by atoms with E-state index in [2.05, 4.69) is 169 Å². The molecular formula is C47H38NSSi2-. The van der Waals surface area contributed by atoms with Crippen LogP contribution >= 0.6 is 11.3 Å². The zero-order chi connectivity index (χ0) is 34.1. The smallest absolute Gasteiger partial charge is 0.0759 e. The quantitative estimate of drug-likeness (QED) is 0.161. The lowest BCUT2D eigenvalue weighted by atomic mass is 9.91. The second-order valence-corrected chi connectivity index (χ2v) is 19.1. The highest BCUT2D eigenvalue weighted by molar-refractivity contribution is 7.26. The van der Waals surface area contributed by atoms with Gasteiger partial charge in [0.05, 0.1) is 8.80 Å². The molecule has 0 spiro atoms. The van der Waals surface area contributed by atoms with Gasteiger partial charge in [-0.05, 0) is 99.5 Å². The topological polar surface area (TPSA) is 3.24 Å². The van der Waals surface area contributed by atoms with Crippen molar-refractivity contribution in [3.05, 3.63) is 175 Å². The molecule has 2 heterocycles. The van der Waals surface area contributed by atoms with Gasteiger partial charge in [0.1, 0.15) is 0 Å². The lowest BCUT2D eigenvalue weighted by Crippen LogP contribution is -2.26. The van der Waals surface area contributed by atoms with E-state index in [9.17, 15) is 0 Å². The molecule has 1 aromatic heterocycles. The van der Waals surface area contributed by atoms with E-state index in [0.717, 1.165) is 12.8 Å². The summed E-state index contributed by atoms with van der Waals surface area (Å²) in [4.78, 5) is 2.54. The van der Waals surface area contributed by atoms with E-state index in [4.69, 9.17) is 0 Å². The standard InChI is InChI=1S/C47H38NSSi2/c1-51-44-13-7-5-11-39(44)41-29-37(24-27-45(41)51)48(35-20-16-31(17-21-35)34-15-14-30-8-2-3-9-33(30)28-34)36-22-18-32(19-23-36)46-43(50)26-25-40-38-10-4-6-12-42(38)49-47(40)46/h2-16,18-20,22-29,39,44,51H,17,21,50H2,1H3/q-1. The van der Waals surface area contributed by atoms with E-state index in [-0.39, 0.29) is 0 Å². The Morgan fingerprint density at radius 1 is 0.686 bits per heavy atom. The van der Waals surface area contributed by atoms with Gasteiger partial charge in [-0.25, -0.2) is 0 Å². The van der Waals surface area contributed by atoms with Crippen LogP contribution in [0.3, 0.4) is 0 Å². The summed E-state index contributed by atoms with van der Waals surface area (Å²) in [5, 5.41) is 8.28. The number of hydrogen-bond acceptors (Lipinski definition) is 2. The summed E-state index contributed by atoms with van der Waals surface area (Å²) in [6, 6.07) is 45.8. The van der Waals surface area contributed by atoms with Gasteiger partial charge < -0.3 is 15.1 Å². The molecule has 7 aromatic rings. The fourth-order valence-corrected chi connectivity index (χ4v) is 13.8. The van der Waals surface area contributed by atoms with Crippen LogP contribution in [0.2, 0.25) is 12.1 Å². The normalized spacial score (nSPS) is 19.3. The Kier molecular flexibility index (Phi) is 7.45. The third-order valence-corrected chi connectivity index (χ3v) is 16.6. The van der Waals surface area contributed by atoms with Gasteiger partial charge in [-0.2, -0.15) is 5.19 Å². The molecule has 0 N–H and O–H groups in total. The van der Waals surface area contributed by atoms with Crippen molar-refractivity contribution in [2.24, 2.45) is 0 Å². The number of rotatable bonds is 5. The van der Waals surface area contributed by atoms with E-state index in [1.807, 2.05) is 21.6 Å². The molecule has 6 aromatic carbocycles. The van der Waals surface area contributed by atoms with Gasteiger partial charge in [0.2, 0.25) is 0 Å². The van der Waals surface area contributed by atoms with Gasteiger partial charge in [0, 0.05) is 43.2 Å². The Labute approximate surface area is 308 Å². The highest BCUT2D eigenvalue weighted by Gasteiger charge is 2.37. The van der Waals surface area contributed by atoms with Crippen LogP contribution in [0.5, 0.6) is 0 Å². The largest absolute Gasteiger partial charge is 0.319 e. The third-order valence-electron chi connectivity index (χ3n) is 11.5. The van der Waals surface area contributed by atoms with Gasteiger partial charge in [0.25, 0.3) is 0 Å². The van der Waals surface area contributed by atoms with Gasteiger partial charge in [-0.15, -0.1) is 11.3 Å². The predicted octanol–water partition coefficient (Wildman–Crippen LogP) is 10.7. The summed E-state index contributed by atoms with van der Waals surface area (Å²) in [5.74, 6) is 0.501. The van der Waals surface area contributed by atoms with Crippen LogP contribution in [0, 0.1) is 0 Å². The molecule has 3 aliphatic rings. The summed E-state index contributed by atoms with van der Waals surface area (Å²) in [6.07, 6.45) is 16.2. The molecule has 0 saturated carbocycles. The number of fused-ring (bicyclic) bond motifs is 7. The number of anilines is 2. The van der Waals surface area contributed by atoms with Crippen molar-refractivity contribution >= 4 is 88.6 Å². The lowest BCUT2D eigenvalue weighted by molar-refractivity contribution is 0.864. The average molecular weight is 705 g/mol. The Bertz CT molecular complexity index is 2640. The maximum atomic E-state index is 2.54. The van der Waals surface area contributed by atoms with E-state index in [0.29, 0.717) is 11.5 Å².